The summed E-state index contributed by atoms with van der Waals surface area (Å²) in [5.74, 6) is 2.34. The minimum atomic E-state index is 1.04. The molecule has 0 aromatic carbocycles. The lowest BCUT2D eigenvalue weighted by molar-refractivity contribution is -0.114. The molecule has 0 fully saturated rings. The Morgan fingerprint density at radius 1 is 1.08 bits per heavy atom. The van der Waals surface area contributed by atoms with Gasteiger partial charge in [0.2, 0.25) is 0 Å². The first-order valence-corrected chi connectivity index (χ1v) is 7.64. The van der Waals surface area contributed by atoms with Gasteiger partial charge >= 0.3 is 0 Å². The SMILES string of the molecule is CSCCCCCCSSOO. The topological polar surface area (TPSA) is 29.5 Å². The van der Waals surface area contributed by atoms with E-state index in [1.165, 1.54) is 31.4 Å². The summed E-state index contributed by atoms with van der Waals surface area (Å²) in [6.07, 6.45) is 7.31. The third kappa shape index (κ3) is 11.0. The molecule has 0 aliphatic rings. The fourth-order valence-electron chi connectivity index (χ4n) is 0.816. The molecule has 0 atom stereocenters. The van der Waals surface area contributed by atoms with Gasteiger partial charge in [0.1, 0.15) is 11.1 Å². The van der Waals surface area contributed by atoms with Crippen LogP contribution in [-0.2, 0) is 4.33 Å². The molecule has 0 heterocycles. The van der Waals surface area contributed by atoms with Crippen molar-refractivity contribution in [3.8, 4) is 0 Å². The van der Waals surface area contributed by atoms with Crippen molar-refractivity contribution in [1.29, 1.82) is 0 Å². The lowest BCUT2D eigenvalue weighted by Gasteiger charge is -1.98. The lowest BCUT2D eigenvalue weighted by Crippen LogP contribution is -1.82. The van der Waals surface area contributed by atoms with Crippen LogP contribution < -0.4 is 0 Å². The molecule has 0 saturated heterocycles. The Hall–Kier alpha value is 0.970. The Morgan fingerprint density at radius 3 is 2.33 bits per heavy atom. The largest absolute Gasteiger partial charge is 0.239 e. The van der Waals surface area contributed by atoms with Gasteiger partial charge in [-0.1, -0.05) is 23.6 Å². The fourth-order valence-corrected chi connectivity index (χ4v) is 2.43. The zero-order valence-corrected chi connectivity index (χ0v) is 9.77. The van der Waals surface area contributed by atoms with Gasteiger partial charge in [0.15, 0.2) is 0 Å². The first kappa shape index (κ1) is 13.0. The predicted molar refractivity (Wildman–Crippen MR) is 60.6 cm³/mol. The van der Waals surface area contributed by atoms with Crippen LogP contribution in [0.15, 0.2) is 0 Å². The van der Waals surface area contributed by atoms with E-state index in [0.717, 1.165) is 16.8 Å². The summed E-state index contributed by atoms with van der Waals surface area (Å²) in [6.45, 7) is 0. The van der Waals surface area contributed by atoms with Crippen LogP contribution in [0, 0.1) is 0 Å². The second-order valence-electron chi connectivity index (χ2n) is 2.37. The molecular formula is C7H16O2S3. The molecule has 0 amide bonds. The standard InChI is InChI=1S/C7H16O2S3/c1-10-6-4-2-3-5-7-11-12-9-8/h8H,2-7H2,1H3. The van der Waals surface area contributed by atoms with Gasteiger partial charge in [-0.2, -0.15) is 16.1 Å². The molecule has 0 bridgehead atoms. The van der Waals surface area contributed by atoms with Crippen molar-refractivity contribution in [2.75, 3.05) is 17.8 Å². The van der Waals surface area contributed by atoms with Crippen molar-refractivity contribution in [3.63, 3.8) is 0 Å². The molecule has 0 spiro atoms. The second-order valence-corrected chi connectivity index (χ2v) is 5.40. The molecule has 0 radical (unpaired) electrons. The summed E-state index contributed by atoms with van der Waals surface area (Å²) in [5.41, 5.74) is 0. The molecule has 0 aromatic rings. The van der Waals surface area contributed by atoms with E-state index in [2.05, 4.69) is 10.6 Å². The minimum absolute atomic E-state index is 1.04. The van der Waals surface area contributed by atoms with Crippen LogP contribution in [0.3, 0.4) is 0 Å². The molecule has 1 N–H and O–H groups in total. The normalized spacial score (nSPS) is 10.5. The Kier molecular flexibility index (Phi) is 12.9. The average molecular weight is 228 g/mol. The highest BCUT2D eigenvalue weighted by Gasteiger charge is 1.91. The molecule has 0 unspecified atom stereocenters. The quantitative estimate of drug-likeness (QED) is 0.214. The van der Waals surface area contributed by atoms with Gasteiger partial charge in [0.05, 0.1) is 0 Å². The molecule has 0 aromatic heterocycles. The number of unbranched alkanes of at least 4 members (excludes halogenated alkanes) is 3. The predicted octanol–water partition coefficient (Wildman–Crippen LogP) is 3.70. The lowest BCUT2D eigenvalue weighted by atomic mass is 10.2. The number of hydrogen-bond donors (Lipinski definition) is 1. The van der Waals surface area contributed by atoms with Gasteiger partial charge < -0.3 is 0 Å². The Labute approximate surface area is 86.7 Å². The van der Waals surface area contributed by atoms with Crippen molar-refractivity contribution in [2.45, 2.75) is 25.7 Å². The first-order chi connectivity index (χ1) is 5.91. The maximum absolute atomic E-state index is 7.98. The fraction of sp³-hybridized carbons (Fsp3) is 1.00. The van der Waals surface area contributed by atoms with Crippen LogP contribution in [0.2, 0.25) is 0 Å². The van der Waals surface area contributed by atoms with Crippen molar-refractivity contribution < 1.29 is 9.59 Å². The Balaban J connectivity index is 2.73. The Bertz CT molecular complexity index is 73.1. The van der Waals surface area contributed by atoms with Crippen molar-refractivity contribution in [1.82, 2.24) is 0 Å². The van der Waals surface area contributed by atoms with E-state index in [1.54, 1.807) is 10.8 Å². The third-order valence-corrected chi connectivity index (χ3v) is 3.69. The van der Waals surface area contributed by atoms with Crippen molar-refractivity contribution in [2.24, 2.45) is 0 Å². The van der Waals surface area contributed by atoms with Crippen LogP contribution >= 0.6 is 33.6 Å². The molecular weight excluding hydrogens is 212 g/mol. The second kappa shape index (κ2) is 12.0. The first-order valence-electron chi connectivity index (χ1n) is 4.00. The van der Waals surface area contributed by atoms with Crippen LogP contribution in [0.1, 0.15) is 25.7 Å². The summed E-state index contributed by atoms with van der Waals surface area (Å²) in [7, 11) is 1.56. The number of hydrogen-bond acceptors (Lipinski definition) is 5. The van der Waals surface area contributed by atoms with Crippen LogP contribution in [0.5, 0.6) is 0 Å². The highest BCUT2D eigenvalue weighted by molar-refractivity contribution is 8.74. The van der Waals surface area contributed by atoms with Gasteiger partial charge in [0.25, 0.3) is 0 Å². The van der Waals surface area contributed by atoms with E-state index in [0.29, 0.717) is 0 Å². The molecule has 74 valence electrons. The van der Waals surface area contributed by atoms with Gasteiger partial charge in [0, 0.05) is 5.75 Å². The molecule has 5 heteroatoms. The Morgan fingerprint density at radius 2 is 1.75 bits per heavy atom. The van der Waals surface area contributed by atoms with Crippen molar-refractivity contribution >= 4 is 33.6 Å². The van der Waals surface area contributed by atoms with E-state index in [9.17, 15) is 0 Å². The van der Waals surface area contributed by atoms with E-state index >= 15 is 0 Å². The van der Waals surface area contributed by atoms with Crippen molar-refractivity contribution in [3.05, 3.63) is 0 Å². The zero-order valence-electron chi connectivity index (χ0n) is 7.32. The summed E-state index contributed by atoms with van der Waals surface area (Å²) < 4.78 is 3.86. The van der Waals surface area contributed by atoms with Gasteiger partial charge in [-0.15, -0.1) is 0 Å². The van der Waals surface area contributed by atoms with Gasteiger partial charge in [-0.3, -0.25) is 0 Å². The van der Waals surface area contributed by atoms with Gasteiger partial charge in [-0.25, -0.2) is 5.26 Å². The maximum atomic E-state index is 7.98. The smallest absolute Gasteiger partial charge is 0.101 e. The van der Waals surface area contributed by atoms with Gasteiger partial charge in [-0.05, 0) is 24.9 Å². The highest BCUT2D eigenvalue weighted by Crippen LogP contribution is 2.22. The molecule has 0 saturated carbocycles. The van der Waals surface area contributed by atoms with Crippen LogP contribution in [-0.4, -0.2) is 23.0 Å². The average Bonchev–Trinajstić information content (AvgIpc) is 2.10. The number of rotatable bonds is 9. The molecule has 0 rings (SSSR count). The summed E-state index contributed by atoms with van der Waals surface area (Å²) in [5, 5.41) is 7.98. The van der Waals surface area contributed by atoms with E-state index in [-0.39, 0.29) is 0 Å². The summed E-state index contributed by atoms with van der Waals surface area (Å²) in [4.78, 5) is 0. The molecule has 0 aliphatic heterocycles. The summed E-state index contributed by atoms with van der Waals surface area (Å²) >= 11 is 2.96. The molecule has 2 nitrogen and oxygen atoms in total. The van der Waals surface area contributed by atoms with E-state index < -0.39 is 0 Å². The van der Waals surface area contributed by atoms with E-state index in [4.69, 9.17) is 5.26 Å². The minimum Gasteiger partial charge on any atom is -0.239 e. The molecule has 12 heavy (non-hydrogen) atoms. The van der Waals surface area contributed by atoms with Crippen LogP contribution in [0.4, 0.5) is 0 Å². The highest BCUT2D eigenvalue weighted by atomic mass is 33.1. The number of thioether (sulfide) groups is 1. The summed E-state index contributed by atoms with van der Waals surface area (Å²) in [6, 6.07) is 0. The monoisotopic (exact) mass is 228 g/mol. The maximum Gasteiger partial charge on any atom is 0.101 e. The van der Waals surface area contributed by atoms with E-state index in [1.807, 2.05) is 11.8 Å². The zero-order chi connectivity index (χ0) is 9.07. The molecule has 0 aliphatic carbocycles. The van der Waals surface area contributed by atoms with Crippen LogP contribution in [0.25, 0.3) is 0 Å². The third-order valence-electron chi connectivity index (χ3n) is 1.40.